The minimum absolute atomic E-state index is 0.0722. The number of carbonyl (C=O) groups excluding carboxylic acids is 1. The zero-order valence-corrected chi connectivity index (χ0v) is 17.1. The SMILES string of the molecule is COC1CCC(C#CC2CCC(OC(=O)C3CCC(O)CC3)C(Cl)C2)CC1. The van der Waals surface area contributed by atoms with Crippen molar-refractivity contribution in [3.05, 3.63) is 0 Å². The Morgan fingerprint density at radius 3 is 2.19 bits per heavy atom. The maximum atomic E-state index is 12.4. The van der Waals surface area contributed by atoms with Crippen molar-refractivity contribution in [3.63, 3.8) is 0 Å². The number of halogens is 1. The zero-order chi connectivity index (χ0) is 19.2. The summed E-state index contributed by atoms with van der Waals surface area (Å²) in [5, 5.41) is 9.43. The Labute approximate surface area is 168 Å². The van der Waals surface area contributed by atoms with Crippen molar-refractivity contribution in [1.29, 1.82) is 0 Å². The number of esters is 1. The number of rotatable bonds is 3. The Bertz CT molecular complexity index is 538. The lowest BCUT2D eigenvalue weighted by Gasteiger charge is -2.32. The fourth-order valence-electron chi connectivity index (χ4n) is 4.59. The summed E-state index contributed by atoms with van der Waals surface area (Å²) >= 11 is 6.54. The monoisotopic (exact) mass is 396 g/mol. The third kappa shape index (κ3) is 6.11. The molecule has 3 unspecified atom stereocenters. The molecular weight excluding hydrogens is 364 g/mol. The number of hydrogen-bond acceptors (Lipinski definition) is 4. The number of hydrogen-bond donors (Lipinski definition) is 1. The van der Waals surface area contributed by atoms with Gasteiger partial charge in [0.25, 0.3) is 0 Å². The molecule has 1 N–H and O–H groups in total. The Morgan fingerprint density at radius 1 is 0.926 bits per heavy atom. The van der Waals surface area contributed by atoms with Gasteiger partial charge in [0.1, 0.15) is 6.10 Å². The van der Waals surface area contributed by atoms with Crippen LogP contribution in [-0.4, -0.2) is 41.9 Å². The molecule has 3 rings (SSSR count). The van der Waals surface area contributed by atoms with Gasteiger partial charge in [-0.1, -0.05) is 11.8 Å². The summed E-state index contributed by atoms with van der Waals surface area (Å²) in [6.45, 7) is 0. The molecule has 3 aliphatic rings. The molecule has 4 nitrogen and oxygen atoms in total. The molecule has 3 saturated carbocycles. The first-order valence-corrected chi connectivity index (χ1v) is 11.0. The van der Waals surface area contributed by atoms with Gasteiger partial charge in [0.15, 0.2) is 0 Å². The molecule has 0 aromatic heterocycles. The molecule has 0 bridgehead atoms. The van der Waals surface area contributed by atoms with Crippen LogP contribution in [0.15, 0.2) is 0 Å². The van der Waals surface area contributed by atoms with Gasteiger partial charge in [-0.2, -0.15) is 0 Å². The van der Waals surface area contributed by atoms with Gasteiger partial charge in [-0.05, 0) is 70.6 Å². The third-order valence-electron chi connectivity index (χ3n) is 6.51. The van der Waals surface area contributed by atoms with E-state index in [2.05, 4.69) is 11.8 Å². The molecular formula is C22H33ClO4. The van der Waals surface area contributed by atoms with Crippen LogP contribution in [0.5, 0.6) is 0 Å². The summed E-state index contributed by atoms with van der Waals surface area (Å²) in [7, 11) is 1.79. The molecule has 0 amide bonds. The molecule has 0 saturated heterocycles. The fraction of sp³-hybridized carbons (Fsp3) is 0.864. The van der Waals surface area contributed by atoms with E-state index in [1.54, 1.807) is 7.11 Å². The van der Waals surface area contributed by atoms with Crippen LogP contribution in [0.2, 0.25) is 0 Å². The molecule has 3 fully saturated rings. The van der Waals surface area contributed by atoms with E-state index < -0.39 is 0 Å². The molecule has 0 heterocycles. The van der Waals surface area contributed by atoms with Crippen molar-refractivity contribution in [2.45, 2.75) is 94.3 Å². The average Bonchev–Trinajstić information content (AvgIpc) is 2.69. The molecule has 0 radical (unpaired) electrons. The van der Waals surface area contributed by atoms with Crippen LogP contribution >= 0.6 is 11.6 Å². The molecule has 0 aromatic rings. The first-order chi connectivity index (χ1) is 13.0. The second kappa shape index (κ2) is 10.1. The van der Waals surface area contributed by atoms with E-state index in [9.17, 15) is 9.90 Å². The summed E-state index contributed by atoms with van der Waals surface area (Å²) in [5.74, 6) is 7.53. The second-order valence-electron chi connectivity index (χ2n) is 8.50. The fourth-order valence-corrected chi connectivity index (χ4v) is 4.98. The summed E-state index contributed by atoms with van der Waals surface area (Å²) in [6.07, 6.45) is 9.79. The second-order valence-corrected chi connectivity index (χ2v) is 9.07. The van der Waals surface area contributed by atoms with Gasteiger partial charge in [-0.15, -0.1) is 11.6 Å². The third-order valence-corrected chi connectivity index (χ3v) is 6.97. The van der Waals surface area contributed by atoms with E-state index >= 15 is 0 Å². The number of alkyl halides is 1. The zero-order valence-electron chi connectivity index (χ0n) is 16.4. The minimum Gasteiger partial charge on any atom is -0.461 e. The Morgan fingerprint density at radius 2 is 1.56 bits per heavy atom. The molecule has 0 aliphatic heterocycles. The van der Waals surface area contributed by atoms with E-state index in [0.29, 0.717) is 30.8 Å². The van der Waals surface area contributed by atoms with Crippen LogP contribution in [0.25, 0.3) is 0 Å². The summed E-state index contributed by atoms with van der Waals surface area (Å²) in [6, 6.07) is 0. The highest BCUT2D eigenvalue weighted by Crippen LogP contribution is 2.33. The first-order valence-electron chi connectivity index (χ1n) is 10.6. The Kier molecular flexibility index (Phi) is 7.87. The van der Waals surface area contributed by atoms with Crippen LogP contribution in [0.4, 0.5) is 0 Å². The van der Waals surface area contributed by atoms with E-state index in [4.69, 9.17) is 21.1 Å². The van der Waals surface area contributed by atoms with E-state index in [-0.39, 0.29) is 29.5 Å². The van der Waals surface area contributed by atoms with E-state index in [1.807, 2.05) is 0 Å². The van der Waals surface area contributed by atoms with Crippen molar-refractivity contribution in [2.75, 3.05) is 7.11 Å². The summed E-state index contributed by atoms with van der Waals surface area (Å²) in [5.41, 5.74) is 0. The predicted molar refractivity (Wildman–Crippen MR) is 105 cm³/mol. The summed E-state index contributed by atoms with van der Waals surface area (Å²) in [4.78, 5) is 12.4. The number of aliphatic hydroxyl groups excluding tert-OH is 1. The van der Waals surface area contributed by atoms with Crippen molar-refractivity contribution in [3.8, 4) is 11.8 Å². The van der Waals surface area contributed by atoms with Crippen LogP contribution in [0, 0.1) is 29.6 Å². The van der Waals surface area contributed by atoms with Crippen LogP contribution in [0.1, 0.15) is 70.6 Å². The lowest BCUT2D eigenvalue weighted by molar-refractivity contribution is -0.157. The van der Waals surface area contributed by atoms with Crippen LogP contribution < -0.4 is 0 Å². The lowest BCUT2D eigenvalue weighted by Crippen LogP contribution is -2.36. The van der Waals surface area contributed by atoms with Gasteiger partial charge < -0.3 is 14.6 Å². The predicted octanol–water partition coefficient (Wildman–Crippen LogP) is 4.07. The molecule has 5 heteroatoms. The van der Waals surface area contributed by atoms with E-state index in [1.165, 1.54) is 0 Å². The van der Waals surface area contributed by atoms with Crippen molar-refractivity contribution < 1.29 is 19.4 Å². The highest BCUT2D eigenvalue weighted by Gasteiger charge is 2.34. The number of methoxy groups -OCH3 is 1. The van der Waals surface area contributed by atoms with Gasteiger partial charge in [-0.3, -0.25) is 4.79 Å². The number of carbonyl (C=O) groups is 1. The highest BCUT2D eigenvalue weighted by atomic mass is 35.5. The maximum absolute atomic E-state index is 12.4. The van der Waals surface area contributed by atoms with Gasteiger partial charge >= 0.3 is 5.97 Å². The first kappa shape index (κ1) is 21.0. The smallest absolute Gasteiger partial charge is 0.309 e. The lowest BCUT2D eigenvalue weighted by atomic mass is 9.84. The van der Waals surface area contributed by atoms with Crippen molar-refractivity contribution in [2.24, 2.45) is 17.8 Å². The van der Waals surface area contributed by atoms with E-state index in [0.717, 1.165) is 57.8 Å². The maximum Gasteiger partial charge on any atom is 0.309 e. The van der Waals surface area contributed by atoms with Crippen LogP contribution in [-0.2, 0) is 14.3 Å². The Balaban J connectivity index is 1.41. The molecule has 3 aliphatic carbocycles. The highest BCUT2D eigenvalue weighted by molar-refractivity contribution is 6.21. The van der Waals surface area contributed by atoms with Crippen LogP contribution in [0.3, 0.4) is 0 Å². The topological polar surface area (TPSA) is 55.8 Å². The molecule has 152 valence electrons. The quantitative estimate of drug-likeness (QED) is 0.444. The van der Waals surface area contributed by atoms with Crippen molar-refractivity contribution >= 4 is 17.6 Å². The largest absolute Gasteiger partial charge is 0.461 e. The Hall–Kier alpha value is -0.760. The molecule has 0 spiro atoms. The number of aliphatic hydroxyl groups is 1. The summed E-state index contributed by atoms with van der Waals surface area (Å²) < 4.78 is 11.2. The standard InChI is InChI=1S/C22H33ClO4/c1-26-19-11-4-15(5-12-19)2-3-16-6-13-21(20(23)14-16)27-22(25)17-7-9-18(24)10-8-17/h15-21,24H,4-14H2,1H3. The van der Waals surface area contributed by atoms with Gasteiger partial charge in [-0.25, -0.2) is 0 Å². The van der Waals surface area contributed by atoms with Gasteiger partial charge in [0.05, 0.1) is 23.5 Å². The van der Waals surface area contributed by atoms with Gasteiger partial charge in [0, 0.05) is 18.9 Å². The minimum atomic E-state index is -0.256. The number of ether oxygens (including phenoxy) is 2. The van der Waals surface area contributed by atoms with Crippen molar-refractivity contribution in [1.82, 2.24) is 0 Å². The molecule has 3 atom stereocenters. The van der Waals surface area contributed by atoms with Gasteiger partial charge in [0.2, 0.25) is 0 Å². The molecule has 27 heavy (non-hydrogen) atoms. The average molecular weight is 397 g/mol. The normalized spacial score (nSPS) is 39.9. The molecule has 0 aromatic carbocycles.